The fourth-order valence-corrected chi connectivity index (χ4v) is 3.11. The first-order chi connectivity index (χ1) is 12.5. The van der Waals surface area contributed by atoms with Crippen LogP contribution in [0.15, 0.2) is 35.5 Å². The summed E-state index contributed by atoms with van der Waals surface area (Å²) in [6.45, 7) is 6.26. The van der Waals surface area contributed by atoms with E-state index in [0.717, 1.165) is 36.0 Å². The quantitative estimate of drug-likeness (QED) is 0.578. The molecule has 0 aliphatic heterocycles. The minimum atomic E-state index is 0.00693. The first kappa shape index (κ1) is 19.9. The maximum absolute atomic E-state index is 11.9. The Kier molecular flexibility index (Phi) is 7.59. The number of amides is 1. The van der Waals surface area contributed by atoms with Crippen LogP contribution in [0.1, 0.15) is 32.7 Å². The van der Waals surface area contributed by atoms with Crippen LogP contribution in [0.2, 0.25) is 0 Å². The summed E-state index contributed by atoms with van der Waals surface area (Å²) in [5.74, 6) is 0.793. The van der Waals surface area contributed by atoms with Gasteiger partial charge in [-0.3, -0.25) is 4.79 Å². The van der Waals surface area contributed by atoms with Gasteiger partial charge in [-0.2, -0.15) is 0 Å². The van der Waals surface area contributed by atoms with Crippen molar-refractivity contribution in [3.8, 4) is 0 Å². The second kappa shape index (κ2) is 9.91. The molecule has 0 bridgehead atoms. The third kappa shape index (κ3) is 6.15. The van der Waals surface area contributed by atoms with E-state index in [0.29, 0.717) is 12.1 Å². The molecule has 140 valence electrons. The molecule has 0 radical (unpaired) electrons. The van der Waals surface area contributed by atoms with Crippen LogP contribution in [0.25, 0.3) is 0 Å². The number of carbonyl (C=O) groups is 1. The monoisotopic (exact) mass is 373 g/mol. The number of aryl methyl sites for hydroxylation is 1. The summed E-state index contributed by atoms with van der Waals surface area (Å²) in [4.78, 5) is 23.7. The van der Waals surface area contributed by atoms with E-state index in [9.17, 15) is 4.79 Å². The lowest BCUT2D eigenvalue weighted by atomic mass is 10.1. The van der Waals surface area contributed by atoms with Crippen molar-refractivity contribution in [3.05, 3.63) is 51.5 Å². The summed E-state index contributed by atoms with van der Waals surface area (Å²) in [5.41, 5.74) is 1.75. The van der Waals surface area contributed by atoms with Gasteiger partial charge in [-0.05, 0) is 31.5 Å². The van der Waals surface area contributed by atoms with Crippen LogP contribution in [0.5, 0.6) is 0 Å². The van der Waals surface area contributed by atoms with Gasteiger partial charge in [-0.25, -0.2) is 9.98 Å². The minimum absolute atomic E-state index is 0.00693. The maximum Gasteiger partial charge on any atom is 0.253 e. The predicted molar refractivity (Wildman–Crippen MR) is 108 cm³/mol. The molecule has 0 fully saturated rings. The fraction of sp³-hybridized carbons (Fsp3) is 0.421. The number of benzene rings is 1. The lowest BCUT2D eigenvalue weighted by Crippen LogP contribution is -2.38. The Morgan fingerprint density at radius 2 is 1.96 bits per heavy atom. The van der Waals surface area contributed by atoms with Gasteiger partial charge in [0.05, 0.1) is 11.6 Å². The highest BCUT2D eigenvalue weighted by molar-refractivity contribution is 7.11. The molecule has 0 aliphatic carbocycles. The smallest absolute Gasteiger partial charge is 0.253 e. The van der Waals surface area contributed by atoms with Gasteiger partial charge < -0.3 is 15.5 Å². The average Bonchev–Trinajstić information content (AvgIpc) is 3.04. The lowest BCUT2D eigenvalue weighted by Gasteiger charge is -2.11. The molecule has 0 aliphatic rings. The van der Waals surface area contributed by atoms with Gasteiger partial charge in [0, 0.05) is 50.2 Å². The minimum Gasteiger partial charge on any atom is -0.357 e. The van der Waals surface area contributed by atoms with E-state index in [-0.39, 0.29) is 5.91 Å². The highest BCUT2D eigenvalue weighted by Gasteiger charge is 2.07. The molecule has 0 unspecified atom stereocenters. The van der Waals surface area contributed by atoms with Crippen LogP contribution in [-0.2, 0) is 13.0 Å². The summed E-state index contributed by atoms with van der Waals surface area (Å²) in [7, 11) is 3.50. The van der Waals surface area contributed by atoms with E-state index in [4.69, 9.17) is 0 Å². The molecule has 26 heavy (non-hydrogen) atoms. The molecule has 0 spiro atoms. The second-order valence-electron chi connectivity index (χ2n) is 6.13. The van der Waals surface area contributed by atoms with Crippen molar-refractivity contribution in [1.82, 2.24) is 20.5 Å². The molecule has 6 nitrogen and oxygen atoms in total. The number of nitrogens with zero attached hydrogens (tertiary/aromatic N) is 3. The molecule has 0 saturated carbocycles. The first-order valence-electron chi connectivity index (χ1n) is 8.73. The summed E-state index contributed by atoms with van der Waals surface area (Å²) in [6, 6.07) is 7.58. The Morgan fingerprint density at radius 1 is 1.23 bits per heavy atom. The zero-order valence-electron chi connectivity index (χ0n) is 15.9. The SMILES string of the molecule is CCNC(=NCc1ccc(C(=O)N(C)C)cc1)NCCc1ncc(C)s1. The van der Waals surface area contributed by atoms with Crippen LogP contribution >= 0.6 is 11.3 Å². The highest BCUT2D eigenvalue weighted by atomic mass is 32.1. The molecule has 0 atom stereocenters. The van der Waals surface area contributed by atoms with Crippen molar-refractivity contribution in [2.45, 2.75) is 26.8 Å². The molecular weight excluding hydrogens is 346 g/mol. The lowest BCUT2D eigenvalue weighted by molar-refractivity contribution is 0.0827. The average molecular weight is 374 g/mol. The Morgan fingerprint density at radius 3 is 2.54 bits per heavy atom. The second-order valence-corrected chi connectivity index (χ2v) is 7.45. The molecule has 2 rings (SSSR count). The zero-order valence-corrected chi connectivity index (χ0v) is 16.7. The first-order valence-corrected chi connectivity index (χ1v) is 9.55. The maximum atomic E-state index is 11.9. The van der Waals surface area contributed by atoms with Gasteiger partial charge in [0.2, 0.25) is 0 Å². The van der Waals surface area contributed by atoms with Gasteiger partial charge >= 0.3 is 0 Å². The van der Waals surface area contributed by atoms with Crippen molar-refractivity contribution in [2.75, 3.05) is 27.2 Å². The number of guanidine groups is 1. The Hall–Kier alpha value is -2.41. The van der Waals surface area contributed by atoms with Gasteiger partial charge in [0.15, 0.2) is 5.96 Å². The molecule has 1 aromatic carbocycles. The van der Waals surface area contributed by atoms with Crippen LogP contribution < -0.4 is 10.6 Å². The van der Waals surface area contributed by atoms with Crippen molar-refractivity contribution >= 4 is 23.2 Å². The number of hydrogen-bond donors (Lipinski definition) is 2. The number of rotatable bonds is 7. The molecule has 1 heterocycles. The van der Waals surface area contributed by atoms with Crippen molar-refractivity contribution in [3.63, 3.8) is 0 Å². The van der Waals surface area contributed by atoms with E-state index in [1.165, 1.54) is 4.88 Å². The van der Waals surface area contributed by atoms with Gasteiger partial charge in [-0.1, -0.05) is 12.1 Å². The molecule has 7 heteroatoms. The fourth-order valence-electron chi connectivity index (χ4n) is 2.33. The number of nitrogens with one attached hydrogen (secondary N) is 2. The van der Waals surface area contributed by atoms with Gasteiger partial charge in [0.1, 0.15) is 0 Å². The standard InChI is InChI=1S/C19H27N5OS/c1-5-20-19(21-11-10-17-22-12-14(2)26-17)23-13-15-6-8-16(9-7-15)18(25)24(3)4/h6-9,12H,5,10-11,13H2,1-4H3,(H2,20,21,23). The van der Waals surface area contributed by atoms with Crippen LogP contribution in [0, 0.1) is 6.92 Å². The van der Waals surface area contributed by atoms with Crippen molar-refractivity contribution < 1.29 is 4.79 Å². The molecule has 2 aromatic rings. The summed E-state index contributed by atoms with van der Waals surface area (Å²) in [5, 5.41) is 7.72. The molecule has 2 N–H and O–H groups in total. The largest absolute Gasteiger partial charge is 0.357 e. The van der Waals surface area contributed by atoms with E-state index in [1.807, 2.05) is 37.4 Å². The number of hydrogen-bond acceptors (Lipinski definition) is 4. The van der Waals surface area contributed by atoms with Crippen molar-refractivity contribution in [2.24, 2.45) is 4.99 Å². The number of carbonyl (C=O) groups excluding carboxylic acids is 1. The third-order valence-electron chi connectivity index (χ3n) is 3.67. The normalized spacial score (nSPS) is 11.3. The Bertz CT molecular complexity index is 737. The number of aliphatic imine (C=N–C) groups is 1. The molecule has 1 amide bonds. The van der Waals surface area contributed by atoms with E-state index < -0.39 is 0 Å². The van der Waals surface area contributed by atoms with Crippen LogP contribution in [-0.4, -0.2) is 48.9 Å². The number of thiazole rings is 1. The predicted octanol–water partition coefficient (Wildman–Crippen LogP) is 2.45. The molecular formula is C19H27N5OS. The third-order valence-corrected chi connectivity index (χ3v) is 4.64. The topological polar surface area (TPSA) is 69.6 Å². The zero-order chi connectivity index (χ0) is 18.9. The molecule has 1 aromatic heterocycles. The Labute approximate surface area is 159 Å². The number of aromatic nitrogens is 1. The van der Waals surface area contributed by atoms with Crippen molar-refractivity contribution in [1.29, 1.82) is 0 Å². The molecule has 0 saturated heterocycles. The van der Waals surface area contributed by atoms with E-state index in [2.05, 4.69) is 27.5 Å². The highest BCUT2D eigenvalue weighted by Crippen LogP contribution is 2.11. The van der Waals surface area contributed by atoms with E-state index in [1.54, 1.807) is 30.3 Å². The van der Waals surface area contributed by atoms with Crippen LogP contribution in [0.4, 0.5) is 0 Å². The summed E-state index contributed by atoms with van der Waals surface area (Å²) >= 11 is 1.73. The Balaban J connectivity index is 1.90. The summed E-state index contributed by atoms with van der Waals surface area (Å²) in [6.07, 6.45) is 2.79. The van der Waals surface area contributed by atoms with Gasteiger partial charge in [-0.15, -0.1) is 11.3 Å². The van der Waals surface area contributed by atoms with Gasteiger partial charge in [0.25, 0.3) is 5.91 Å². The summed E-state index contributed by atoms with van der Waals surface area (Å²) < 4.78 is 0. The van der Waals surface area contributed by atoms with Crippen LogP contribution in [0.3, 0.4) is 0 Å². The van der Waals surface area contributed by atoms with E-state index >= 15 is 0 Å².